The molecule has 1 aromatic carbocycles. The van der Waals surface area contributed by atoms with Crippen LogP contribution in [0.2, 0.25) is 0 Å². The summed E-state index contributed by atoms with van der Waals surface area (Å²) < 4.78 is 11.5. The average Bonchev–Trinajstić information content (AvgIpc) is 2.44. The Morgan fingerprint density at radius 2 is 2.00 bits per heavy atom. The van der Waals surface area contributed by atoms with Crippen molar-refractivity contribution in [3.05, 3.63) is 22.2 Å². The molecule has 4 nitrogen and oxygen atoms in total. The van der Waals surface area contributed by atoms with Crippen LogP contribution in [-0.2, 0) is 0 Å². The number of rotatable bonds is 7. The van der Waals surface area contributed by atoms with Gasteiger partial charge < -0.3 is 20.5 Å². The first kappa shape index (κ1) is 15.8. The lowest BCUT2D eigenvalue weighted by Crippen LogP contribution is -2.29. The molecule has 104 valence electrons. The van der Waals surface area contributed by atoms with Crippen molar-refractivity contribution in [1.82, 2.24) is 5.32 Å². The van der Waals surface area contributed by atoms with Gasteiger partial charge in [0.15, 0.2) is 11.5 Å². The maximum Gasteiger partial charge on any atom is 0.161 e. The van der Waals surface area contributed by atoms with Crippen molar-refractivity contribution in [3.8, 4) is 23.8 Å². The van der Waals surface area contributed by atoms with Crippen LogP contribution in [0.15, 0.2) is 16.6 Å². The van der Waals surface area contributed by atoms with E-state index in [1.54, 1.807) is 14.2 Å². The molecule has 1 aromatic rings. The second-order valence-electron chi connectivity index (χ2n) is 3.93. The molecule has 19 heavy (non-hydrogen) atoms. The zero-order chi connectivity index (χ0) is 14.3. The molecule has 0 bridgehead atoms. The minimum Gasteiger partial charge on any atom is -0.493 e. The molecule has 0 aliphatic carbocycles. The zero-order valence-electron chi connectivity index (χ0n) is 11.2. The Bertz CT molecular complexity index is 457. The molecule has 0 aliphatic rings. The van der Waals surface area contributed by atoms with Gasteiger partial charge in [-0.05, 0) is 17.7 Å². The van der Waals surface area contributed by atoms with Gasteiger partial charge in [0.2, 0.25) is 0 Å². The summed E-state index contributed by atoms with van der Waals surface area (Å²) >= 11 is 3.53. The summed E-state index contributed by atoms with van der Waals surface area (Å²) in [5.74, 6) is 3.95. The van der Waals surface area contributed by atoms with Gasteiger partial charge in [0.1, 0.15) is 0 Å². The normalized spacial score (nSPS) is 11.7. The van der Waals surface area contributed by atoms with Crippen LogP contribution in [0.5, 0.6) is 11.5 Å². The third kappa shape index (κ3) is 4.13. The Labute approximate surface area is 122 Å². The number of hydrogen-bond acceptors (Lipinski definition) is 4. The summed E-state index contributed by atoms with van der Waals surface area (Å²) in [4.78, 5) is 0. The van der Waals surface area contributed by atoms with Crippen LogP contribution >= 0.6 is 15.9 Å². The molecule has 0 aromatic heterocycles. The molecule has 0 fully saturated rings. The second-order valence-corrected chi connectivity index (χ2v) is 4.78. The summed E-state index contributed by atoms with van der Waals surface area (Å²) in [6.45, 7) is 1.19. The molecule has 0 amide bonds. The molecule has 1 rings (SSSR count). The number of hydrogen-bond donors (Lipinski definition) is 2. The lowest BCUT2D eigenvalue weighted by atomic mass is 10.1. The van der Waals surface area contributed by atoms with Crippen LogP contribution in [0.25, 0.3) is 0 Å². The van der Waals surface area contributed by atoms with Crippen molar-refractivity contribution in [2.24, 2.45) is 5.73 Å². The van der Waals surface area contributed by atoms with Gasteiger partial charge in [0, 0.05) is 30.0 Å². The molecule has 0 heterocycles. The van der Waals surface area contributed by atoms with Crippen LogP contribution in [0.1, 0.15) is 18.0 Å². The number of ether oxygens (including phenoxy) is 2. The van der Waals surface area contributed by atoms with E-state index >= 15 is 0 Å². The molecule has 5 heteroatoms. The van der Waals surface area contributed by atoms with E-state index in [9.17, 15) is 0 Å². The van der Waals surface area contributed by atoms with Crippen molar-refractivity contribution in [1.29, 1.82) is 0 Å². The molecule has 0 saturated carbocycles. The van der Waals surface area contributed by atoms with Crippen LogP contribution in [0, 0.1) is 12.3 Å². The molecule has 3 N–H and O–H groups in total. The van der Waals surface area contributed by atoms with Gasteiger partial charge in [0.25, 0.3) is 0 Å². The number of benzene rings is 1. The maximum atomic E-state index is 5.81. The quantitative estimate of drug-likeness (QED) is 0.595. The van der Waals surface area contributed by atoms with Gasteiger partial charge in [-0.1, -0.05) is 15.9 Å². The van der Waals surface area contributed by atoms with E-state index in [-0.39, 0.29) is 6.04 Å². The summed E-state index contributed by atoms with van der Waals surface area (Å²) in [5.41, 5.74) is 6.84. The SMILES string of the molecule is C#CCCNC(CN)c1cc(OC)c(OC)cc1Br. The predicted octanol–water partition coefficient (Wildman–Crippen LogP) is 2.08. The third-order valence-electron chi connectivity index (χ3n) is 2.77. The largest absolute Gasteiger partial charge is 0.493 e. The Morgan fingerprint density at radius 1 is 1.37 bits per heavy atom. The fourth-order valence-corrected chi connectivity index (χ4v) is 2.37. The predicted molar refractivity (Wildman–Crippen MR) is 80.5 cm³/mol. The number of nitrogens with one attached hydrogen (secondary N) is 1. The van der Waals surface area contributed by atoms with Crippen LogP contribution in [-0.4, -0.2) is 27.3 Å². The maximum absolute atomic E-state index is 5.81. The monoisotopic (exact) mass is 326 g/mol. The summed E-state index contributed by atoms with van der Waals surface area (Å²) in [6, 6.07) is 3.81. The van der Waals surface area contributed by atoms with Crippen molar-refractivity contribution in [2.75, 3.05) is 27.3 Å². The molecular formula is C14H19BrN2O2. The first-order valence-electron chi connectivity index (χ1n) is 5.96. The molecule has 0 spiro atoms. The summed E-state index contributed by atoms with van der Waals surface area (Å²) in [6.07, 6.45) is 5.91. The Morgan fingerprint density at radius 3 is 2.53 bits per heavy atom. The van der Waals surface area contributed by atoms with Crippen LogP contribution < -0.4 is 20.5 Å². The number of halogens is 1. The van der Waals surface area contributed by atoms with E-state index < -0.39 is 0 Å². The van der Waals surface area contributed by atoms with E-state index in [0.29, 0.717) is 24.5 Å². The minimum absolute atomic E-state index is 0.0162. The van der Waals surface area contributed by atoms with E-state index in [1.807, 2.05) is 12.1 Å². The van der Waals surface area contributed by atoms with E-state index in [0.717, 1.165) is 16.6 Å². The fourth-order valence-electron chi connectivity index (χ4n) is 1.78. The number of methoxy groups -OCH3 is 2. The van der Waals surface area contributed by atoms with E-state index in [1.165, 1.54) is 0 Å². The second kappa shape index (κ2) is 8.05. The number of terminal acetylenes is 1. The Kier molecular flexibility index (Phi) is 6.71. The average molecular weight is 327 g/mol. The standard InChI is InChI=1S/C14H19BrN2O2/c1-4-5-6-17-12(9-16)10-7-13(18-2)14(19-3)8-11(10)15/h1,7-8,12,17H,5-6,9,16H2,2-3H3. The molecule has 1 unspecified atom stereocenters. The Hall–Kier alpha value is -1.22. The van der Waals surface area contributed by atoms with Gasteiger partial charge in [-0.15, -0.1) is 12.3 Å². The lowest BCUT2D eigenvalue weighted by Gasteiger charge is -2.20. The summed E-state index contributed by atoms with van der Waals surface area (Å²) in [5, 5.41) is 3.32. The fraction of sp³-hybridized carbons (Fsp3) is 0.429. The Balaban J connectivity index is 3.00. The van der Waals surface area contributed by atoms with Crippen LogP contribution in [0.4, 0.5) is 0 Å². The highest BCUT2D eigenvalue weighted by molar-refractivity contribution is 9.10. The topological polar surface area (TPSA) is 56.5 Å². The molecule has 1 atom stereocenters. The molecular weight excluding hydrogens is 308 g/mol. The highest BCUT2D eigenvalue weighted by Crippen LogP contribution is 2.35. The first-order chi connectivity index (χ1) is 9.17. The molecule has 0 radical (unpaired) electrons. The lowest BCUT2D eigenvalue weighted by molar-refractivity contribution is 0.353. The van der Waals surface area contributed by atoms with Crippen molar-refractivity contribution in [3.63, 3.8) is 0 Å². The smallest absolute Gasteiger partial charge is 0.161 e. The summed E-state index contributed by atoms with van der Waals surface area (Å²) in [7, 11) is 3.22. The van der Waals surface area contributed by atoms with Gasteiger partial charge in [-0.2, -0.15) is 0 Å². The van der Waals surface area contributed by atoms with Gasteiger partial charge in [-0.25, -0.2) is 0 Å². The minimum atomic E-state index is 0.0162. The highest BCUT2D eigenvalue weighted by atomic mass is 79.9. The van der Waals surface area contributed by atoms with E-state index in [2.05, 4.69) is 27.2 Å². The zero-order valence-corrected chi connectivity index (χ0v) is 12.8. The molecule has 0 aliphatic heterocycles. The van der Waals surface area contributed by atoms with Gasteiger partial charge in [0.05, 0.1) is 14.2 Å². The van der Waals surface area contributed by atoms with Gasteiger partial charge in [-0.3, -0.25) is 0 Å². The van der Waals surface area contributed by atoms with Crippen molar-refractivity contribution in [2.45, 2.75) is 12.5 Å². The molecule has 0 saturated heterocycles. The van der Waals surface area contributed by atoms with Gasteiger partial charge >= 0.3 is 0 Å². The third-order valence-corrected chi connectivity index (χ3v) is 3.46. The number of nitrogens with two attached hydrogens (primary N) is 1. The van der Waals surface area contributed by atoms with Crippen molar-refractivity contribution < 1.29 is 9.47 Å². The van der Waals surface area contributed by atoms with Crippen molar-refractivity contribution >= 4 is 15.9 Å². The van der Waals surface area contributed by atoms with E-state index in [4.69, 9.17) is 21.6 Å². The van der Waals surface area contributed by atoms with Crippen LogP contribution in [0.3, 0.4) is 0 Å². The first-order valence-corrected chi connectivity index (χ1v) is 6.75. The highest BCUT2D eigenvalue weighted by Gasteiger charge is 2.16.